The van der Waals surface area contributed by atoms with Crippen molar-refractivity contribution in [1.82, 2.24) is 0 Å². The summed E-state index contributed by atoms with van der Waals surface area (Å²) in [7, 11) is 0. The minimum atomic E-state index is -0.241. The van der Waals surface area contributed by atoms with Gasteiger partial charge in [0.05, 0.1) is 13.2 Å². The summed E-state index contributed by atoms with van der Waals surface area (Å²) >= 11 is 0. The van der Waals surface area contributed by atoms with Gasteiger partial charge in [0.25, 0.3) is 0 Å². The van der Waals surface area contributed by atoms with Crippen LogP contribution in [0.4, 0.5) is 5.69 Å². The summed E-state index contributed by atoms with van der Waals surface area (Å²) in [6.07, 6.45) is 0. The van der Waals surface area contributed by atoms with Crippen LogP contribution in [0.2, 0.25) is 0 Å². The Morgan fingerprint density at radius 1 is 1.17 bits per heavy atom. The largest absolute Gasteiger partial charge is 0.392 e. The van der Waals surface area contributed by atoms with Gasteiger partial charge < -0.3 is 10.2 Å². The highest BCUT2D eigenvalue weighted by atomic mass is 16.3. The summed E-state index contributed by atoms with van der Waals surface area (Å²) in [5, 5.41) is 20.3. The standard InChI is InChI=1S/C8H9NO3/c10-4-6-2-1-3-7(5-11)8(6)9-12/h1-3,10-11H,4-5H2. The van der Waals surface area contributed by atoms with Crippen LogP contribution < -0.4 is 0 Å². The van der Waals surface area contributed by atoms with Gasteiger partial charge in [0.15, 0.2) is 0 Å². The van der Waals surface area contributed by atoms with E-state index in [1.165, 1.54) is 0 Å². The first-order valence-corrected chi connectivity index (χ1v) is 3.49. The van der Waals surface area contributed by atoms with Crippen LogP contribution in [-0.4, -0.2) is 10.2 Å². The average molecular weight is 167 g/mol. The van der Waals surface area contributed by atoms with Gasteiger partial charge in [-0.3, -0.25) is 0 Å². The van der Waals surface area contributed by atoms with E-state index >= 15 is 0 Å². The smallest absolute Gasteiger partial charge is 0.119 e. The van der Waals surface area contributed by atoms with E-state index in [1.807, 2.05) is 0 Å². The minimum absolute atomic E-state index is 0.141. The second-order valence-corrected chi connectivity index (χ2v) is 2.33. The Hall–Kier alpha value is -1.26. The molecule has 0 unspecified atom stereocenters. The van der Waals surface area contributed by atoms with Crippen molar-refractivity contribution in [1.29, 1.82) is 0 Å². The molecule has 0 amide bonds. The Bertz CT molecular complexity index is 263. The molecule has 0 radical (unpaired) electrons. The van der Waals surface area contributed by atoms with Gasteiger partial charge in [0.1, 0.15) is 5.69 Å². The highest BCUT2D eigenvalue weighted by Gasteiger charge is 2.06. The average Bonchev–Trinajstić information content (AvgIpc) is 2.16. The molecule has 1 aromatic carbocycles. The molecule has 0 aliphatic rings. The second kappa shape index (κ2) is 3.94. The first kappa shape index (κ1) is 8.83. The third kappa shape index (κ3) is 1.49. The highest BCUT2D eigenvalue weighted by molar-refractivity contribution is 5.52. The fourth-order valence-electron chi connectivity index (χ4n) is 1.02. The number of nitroso groups, excluding NO2 is 1. The van der Waals surface area contributed by atoms with Crippen molar-refractivity contribution in [2.24, 2.45) is 5.18 Å². The normalized spacial score (nSPS) is 9.83. The molecule has 1 rings (SSSR count). The summed E-state index contributed by atoms with van der Waals surface area (Å²) in [5.41, 5.74) is 1.02. The predicted molar refractivity (Wildman–Crippen MR) is 43.7 cm³/mol. The molecular weight excluding hydrogens is 158 g/mol. The van der Waals surface area contributed by atoms with Gasteiger partial charge in [-0.2, -0.15) is 0 Å². The molecule has 0 bridgehead atoms. The third-order valence-corrected chi connectivity index (χ3v) is 1.64. The fourth-order valence-corrected chi connectivity index (χ4v) is 1.02. The van der Waals surface area contributed by atoms with Crippen LogP contribution in [0.25, 0.3) is 0 Å². The fraction of sp³-hybridized carbons (Fsp3) is 0.250. The molecule has 0 spiro atoms. The lowest BCUT2D eigenvalue weighted by molar-refractivity contribution is 0.276. The zero-order valence-corrected chi connectivity index (χ0v) is 6.40. The zero-order valence-electron chi connectivity index (χ0n) is 6.40. The lowest BCUT2D eigenvalue weighted by Crippen LogP contribution is -1.89. The van der Waals surface area contributed by atoms with Crippen molar-refractivity contribution in [3.05, 3.63) is 34.2 Å². The maximum Gasteiger partial charge on any atom is 0.119 e. The number of nitrogens with zero attached hydrogens (tertiary/aromatic N) is 1. The number of rotatable bonds is 3. The van der Waals surface area contributed by atoms with Crippen molar-refractivity contribution >= 4 is 5.69 Å². The zero-order chi connectivity index (χ0) is 8.97. The molecule has 1 aromatic rings. The van der Waals surface area contributed by atoms with Gasteiger partial charge in [-0.15, -0.1) is 4.91 Å². The maximum atomic E-state index is 10.3. The Morgan fingerprint density at radius 3 is 2.00 bits per heavy atom. The number of aliphatic hydroxyl groups is 2. The molecule has 0 heterocycles. The predicted octanol–water partition coefficient (Wildman–Crippen LogP) is 1.07. The van der Waals surface area contributed by atoms with Gasteiger partial charge in [-0.05, 0) is 5.18 Å². The Kier molecular flexibility index (Phi) is 2.90. The van der Waals surface area contributed by atoms with Gasteiger partial charge >= 0.3 is 0 Å². The quantitative estimate of drug-likeness (QED) is 0.661. The number of hydrogen-bond acceptors (Lipinski definition) is 4. The lowest BCUT2D eigenvalue weighted by Gasteiger charge is -2.03. The molecule has 0 atom stereocenters. The van der Waals surface area contributed by atoms with Gasteiger partial charge in [-0.1, -0.05) is 18.2 Å². The van der Waals surface area contributed by atoms with Gasteiger partial charge in [0, 0.05) is 11.1 Å². The van der Waals surface area contributed by atoms with E-state index in [0.29, 0.717) is 11.1 Å². The molecule has 0 aliphatic carbocycles. The molecule has 4 heteroatoms. The maximum absolute atomic E-state index is 10.3. The Morgan fingerprint density at radius 2 is 1.67 bits per heavy atom. The SMILES string of the molecule is O=Nc1c(CO)cccc1CO. The number of aliphatic hydroxyl groups excluding tert-OH is 2. The molecule has 0 aliphatic heterocycles. The topological polar surface area (TPSA) is 69.9 Å². The summed E-state index contributed by atoms with van der Waals surface area (Å²) in [5.74, 6) is 0. The molecule has 0 saturated heterocycles. The van der Waals surface area contributed by atoms with E-state index in [-0.39, 0.29) is 18.9 Å². The van der Waals surface area contributed by atoms with Crippen molar-refractivity contribution in [2.45, 2.75) is 13.2 Å². The van der Waals surface area contributed by atoms with E-state index in [1.54, 1.807) is 18.2 Å². The third-order valence-electron chi connectivity index (χ3n) is 1.64. The monoisotopic (exact) mass is 167 g/mol. The van der Waals surface area contributed by atoms with Crippen LogP contribution in [0.15, 0.2) is 23.4 Å². The van der Waals surface area contributed by atoms with E-state index in [4.69, 9.17) is 10.2 Å². The number of hydrogen-bond donors (Lipinski definition) is 2. The summed E-state index contributed by atoms with van der Waals surface area (Å²) < 4.78 is 0. The lowest BCUT2D eigenvalue weighted by atomic mass is 10.1. The van der Waals surface area contributed by atoms with E-state index in [9.17, 15) is 4.91 Å². The van der Waals surface area contributed by atoms with E-state index in [2.05, 4.69) is 5.18 Å². The molecule has 64 valence electrons. The van der Waals surface area contributed by atoms with Crippen molar-refractivity contribution < 1.29 is 10.2 Å². The van der Waals surface area contributed by atoms with Crippen LogP contribution in [0.3, 0.4) is 0 Å². The van der Waals surface area contributed by atoms with Crippen molar-refractivity contribution in [2.75, 3.05) is 0 Å². The van der Waals surface area contributed by atoms with Crippen LogP contribution >= 0.6 is 0 Å². The summed E-state index contributed by atoms with van der Waals surface area (Å²) in [6.45, 7) is -0.482. The summed E-state index contributed by atoms with van der Waals surface area (Å²) in [4.78, 5) is 10.3. The van der Waals surface area contributed by atoms with Gasteiger partial charge in [-0.25, -0.2) is 0 Å². The van der Waals surface area contributed by atoms with E-state index in [0.717, 1.165) is 0 Å². The Labute approximate surface area is 69.4 Å². The van der Waals surface area contributed by atoms with E-state index < -0.39 is 0 Å². The van der Waals surface area contributed by atoms with Gasteiger partial charge in [0.2, 0.25) is 0 Å². The first-order valence-electron chi connectivity index (χ1n) is 3.49. The minimum Gasteiger partial charge on any atom is -0.392 e. The van der Waals surface area contributed by atoms with Crippen molar-refractivity contribution in [3.8, 4) is 0 Å². The van der Waals surface area contributed by atoms with Crippen LogP contribution in [-0.2, 0) is 13.2 Å². The molecule has 2 N–H and O–H groups in total. The number of benzene rings is 1. The second-order valence-electron chi connectivity index (χ2n) is 2.33. The highest BCUT2D eigenvalue weighted by Crippen LogP contribution is 2.24. The molecule has 12 heavy (non-hydrogen) atoms. The Balaban J connectivity index is 3.21. The first-order chi connectivity index (χ1) is 5.83. The van der Waals surface area contributed by atoms with Crippen LogP contribution in [0.1, 0.15) is 11.1 Å². The van der Waals surface area contributed by atoms with Crippen LogP contribution in [0.5, 0.6) is 0 Å². The molecular formula is C8H9NO3. The summed E-state index contributed by atoms with van der Waals surface area (Å²) in [6, 6.07) is 4.84. The molecule has 4 nitrogen and oxygen atoms in total. The molecule has 0 fully saturated rings. The van der Waals surface area contributed by atoms with Crippen molar-refractivity contribution in [3.63, 3.8) is 0 Å². The molecule has 0 aromatic heterocycles. The molecule has 0 saturated carbocycles. The van der Waals surface area contributed by atoms with Crippen LogP contribution in [0, 0.1) is 4.91 Å².